The lowest BCUT2D eigenvalue weighted by Crippen LogP contribution is -2.57. The molecule has 0 aliphatic carbocycles. The molecule has 2 saturated heterocycles. The fourth-order valence-corrected chi connectivity index (χ4v) is 4.54. The maximum atomic E-state index is 13.3. The van der Waals surface area contributed by atoms with Crippen LogP contribution in [0.3, 0.4) is 0 Å². The first-order valence-electron chi connectivity index (χ1n) is 10.5. The third kappa shape index (κ3) is 3.73. The Labute approximate surface area is 171 Å². The zero-order chi connectivity index (χ0) is 20.4. The van der Waals surface area contributed by atoms with Crippen LogP contribution in [0.2, 0.25) is 0 Å². The van der Waals surface area contributed by atoms with Crippen LogP contribution in [0, 0.1) is 0 Å². The molecule has 3 aliphatic rings. The number of piperidine rings is 1. The van der Waals surface area contributed by atoms with Gasteiger partial charge in [0.15, 0.2) is 0 Å². The number of carbonyl (C=O) groups excluding carboxylic acids is 3. The number of nitrogens with one attached hydrogen (secondary N) is 1. The Hall–Kier alpha value is -2.83. The molecule has 154 valence electrons. The molecule has 1 atom stereocenters. The number of nitrogens with zero attached hydrogens (tertiary/aromatic N) is 3. The monoisotopic (exact) mass is 396 g/mol. The molecular weight excluding hydrogens is 368 g/mol. The molecule has 1 aromatic carbocycles. The Bertz CT molecular complexity index is 831. The van der Waals surface area contributed by atoms with Crippen LogP contribution in [0.15, 0.2) is 30.9 Å². The number of carbonyl (C=O) groups is 3. The second-order valence-corrected chi connectivity index (χ2v) is 7.92. The van der Waals surface area contributed by atoms with Gasteiger partial charge in [-0.2, -0.15) is 0 Å². The Morgan fingerprint density at radius 3 is 2.62 bits per heavy atom. The number of likely N-dealkylation sites (tertiary alicyclic amines) is 1. The van der Waals surface area contributed by atoms with E-state index < -0.39 is 0 Å². The maximum absolute atomic E-state index is 13.3. The molecule has 7 nitrogen and oxygen atoms in total. The van der Waals surface area contributed by atoms with Gasteiger partial charge in [0.25, 0.3) is 5.91 Å². The van der Waals surface area contributed by atoms with Crippen molar-refractivity contribution in [1.29, 1.82) is 0 Å². The van der Waals surface area contributed by atoms with Gasteiger partial charge in [-0.05, 0) is 50.3 Å². The van der Waals surface area contributed by atoms with Crippen LogP contribution < -0.4 is 15.1 Å². The highest BCUT2D eigenvalue weighted by atomic mass is 16.2. The van der Waals surface area contributed by atoms with Gasteiger partial charge in [0.1, 0.15) is 12.6 Å². The lowest BCUT2D eigenvalue weighted by molar-refractivity contribution is -0.124. The highest BCUT2D eigenvalue weighted by Gasteiger charge is 2.40. The van der Waals surface area contributed by atoms with Crippen molar-refractivity contribution in [1.82, 2.24) is 10.2 Å². The van der Waals surface area contributed by atoms with Crippen molar-refractivity contribution in [2.75, 3.05) is 42.5 Å². The van der Waals surface area contributed by atoms with E-state index in [2.05, 4.69) is 16.8 Å². The first-order chi connectivity index (χ1) is 14.1. The van der Waals surface area contributed by atoms with Crippen LogP contribution in [-0.4, -0.2) is 61.4 Å². The highest BCUT2D eigenvalue weighted by Crippen LogP contribution is 2.40. The van der Waals surface area contributed by atoms with Gasteiger partial charge in [0.2, 0.25) is 11.8 Å². The molecule has 0 aromatic heterocycles. The number of benzene rings is 1. The normalized spacial score (nSPS) is 20.9. The summed E-state index contributed by atoms with van der Waals surface area (Å²) in [5, 5.41) is 2.75. The van der Waals surface area contributed by atoms with Crippen molar-refractivity contribution in [3.05, 3.63) is 36.4 Å². The van der Waals surface area contributed by atoms with E-state index in [4.69, 9.17) is 0 Å². The molecular formula is C22H28N4O3. The number of rotatable bonds is 5. The molecule has 2 fully saturated rings. The number of fused-ring (bicyclic) bond motifs is 3. The summed E-state index contributed by atoms with van der Waals surface area (Å²) < 4.78 is 0. The van der Waals surface area contributed by atoms with Crippen LogP contribution in [0.1, 0.15) is 42.5 Å². The zero-order valence-corrected chi connectivity index (χ0v) is 16.7. The molecule has 0 saturated carbocycles. The summed E-state index contributed by atoms with van der Waals surface area (Å²) in [5.74, 6) is -0.295. The van der Waals surface area contributed by atoms with E-state index in [9.17, 15) is 14.4 Å². The number of hydrogen-bond donors (Lipinski definition) is 1. The predicted octanol–water partition coefficient (Wildman–Crippen LogP) is 1.93. The summed E-state index contributed by atoms with van der Waals surface area (Å²) >= 11 is 0. The average Bonchev–Trinajstić information content (AvgIpc) is 3.29. The minimum absolute atomic E-state index is 0.00502. The summed E-state index contributed by atoms with van der Waals surface area (Å²) in [5.41, 5.74) is 2.17. The third-order valence-corrected chi connectivity index (χ3v) is 6.02. The molecule has 0 radical (unpaired) electrons. The molecule has 0 spiro atoms. The fourth-order valence-electron chi connectivity index (χ4n) is 4.54. The SMILES string of the molecule is C=CCNC(=O)CN1C(=O)[C@H]2CCCCN2c2ccc(C(=O)N3CCCC3)cc21. The lowest BCUT2D eigenvalue weighted by atomic mass is 9.95. The van der Waals surface area contributed by atoms with Gasteiger partial charge >= 0.3 is 0 Å². The smallest absolute Gasteiger partial charge is 0.253 e. The van der Waals surface area contributed by atoms with E-state index in [0.29, 0.717) is 17.8 Å². The van der Waals surface area contributed by atoms with Gasteiger partial charge in [-0.25, -0.2) is 0 Å². The third-order valence-electron chi connectivity index (χ3n) is 6.02. The fraction of sp³-hybridized carbons (Fsp3) is 0.500. The van der Waals surface area contributed by atoms with E-state index in [1.807, 2.05) is 17.0 Å². The van der Waals surface area contributed by atoms with Crippen molar-refractivity contribution in [2.24, 2.45) is 0 Å². The average molecular weight is 396 g/mol. The lowest BCUT2D eigenvalue weighted by Gasteiger charge is -2.45. The first-order valence-corrected chi connectivity index (χ1v) is 10.5. The minimum Gasteiger partial charge on any atom is -0.358 e. The van der Waals surface area contributed by atoms with Gasteiger partial charge in [-0.1, -0.05) is 6.08 Å². The van der Waals surface area contributed by atoms with Gasteiger partial charge in [-0.3, -0.25) is 19.3 Å². The molecule has 4 rings (SSSR count). The topological polar surface area (TPSA) is 73.0 Å². The molecule has 3 aliphatic heterocycles. The first kappa shape index (κ1) is 19.5. The van der Waals surface area contributed by atoms with Crippen molar-refractivity contribution < 1.29 is 14.4 Å². The molecule has 3 heterocycles. The van der Waals surface area contributed by atoms with Crippen molar-refractivity contribution in [2.45, 2.75) is 38.1 Å². The predicted molar refractivity (Wildman–Crippen MR) is 112 cm³/mol. The van der Waals surface area contributed by atoms with E-state index in [1.165, 1.54) is 0 Å². The number of hydrogen-bond acceptors (Lipinski definition) is 4. The summed E-state index contributed by atoms with van der Waals surface area (Å²) in [6, 6.07) is 5.36. The Kier molecular flexibility index (Phi) is 5.56. The minimum atomic E-state index is -0.233. The van der Waals surface area contributed by atoms with Crippen LogP contribution >= 0.6 is 0 Å². The van der Waals surface area contributed by atoms with Crippen LogP contribution in [0.5, 0.6) is 0 Å². The van der Waals surface area contributed by atoms with E-state index in [1.54, 1.807) is 17.0 Å². The van der Waals surface area contributed by atoms with Gasteiger partial charge in [0, 0.05) is 31.7 Å². The Morgan fingerprint density at radius 1 is 1.10 bits per heavy atom. The summed E-state index contributed by atoms with van der Waals surface area (Å²) in [6.45, 7) is 6.28. The molecule has 3 amide bonds. The summed E-state index contributed by atoms with van der Waals surface area (Å²) in [6.07, 6.45) is 6.50. The summed E-state index contributed by atoms with van der Waals surface area (Å²) in [4.78, 5) is 44.1. The second kappa shape index (κ2) is 8.27. The quantitative estimate of drug-likeness (QED) is 0.772. The van der Waals surface area contributed by atoms with Gasteiger partial charge < -0.3 is 15.1 Å². The molecule has 0 unspecified atom stereocenters. The standard InChI is InChI=1S/C22H28N4O3/c1-2-10-23-20(27)15-26-19-14-16(21(28)24-11-5-6-12-24)8-9-17(19)25-13-4-3-7-18(25)22(26)29/h2,8-9,14,18H,1,3-7,10-13,15H2,(H,23,27)/t18-/m1/s1. The van der Waals surface area contributed by atoms with Gasteiger partial charge in [-0.15, -0.1) is 6.58 Å². The number of amides is 3. The molecule has 7 heteroatoms. The number of anilines is 2. The summed E-state index contributed by atoms with van der Waals surface area (Å²) in [7, 11) is 0. The van der Waals surface area contributed by atoms with Gasteiger partial charge in [0.05, 0.1) is 11.4 Å². The van der Waals surface area contributed by atoms with E-state index in [-0.39, 0.29) is 30.3 Å². The zero-order valence-electron chi connectivity index (χ0n) is 16.7. The molecule has 29 heavy (non-hydrogen) atoms. The molecule has 1 N–H and O–H groups in total. The van der Waals surface area contributed by atoms with Crippen molar-refractivity contribution in [3.8, 4) is 0 Å². The van der Waals surface area contributed by atoms with Crippen molar-refractivity contribution in [3.63, 3.8) is 0 Å². The Balaban J connectivity index is 1.68. The van der Waals surface area contributed by atoms with E-state index in [0.717, 1.165) is 57.4 Å². The maximum Gasteiger partial charge on any atom is 0.253 e. The van der Waals surface area contributed by atoms with Crippen LogP contribution in [0.25, 0.3) is 0 Å². The second-order valence-electron chi connectivity index (χ2n) is 7.92. The highest BCUT2D eigenvalue weighted by molar-refractivity contribution is 6.09. The Morgan fingerprint density at radius 2 is 1.86 bits per heavy atom. The van der Waals surface area contributed by atoms with Crippen LogP contribution in [-0.2, 0) is 9.59 Å². The van der Waals surface area contributed by atoms with Crippen LogP contribution in [0.4, 0.5) is 11.4 Å². The van der Waals surface area contributed by atoms with Crippen molar-refractivity contribution >= 4 is 29.1 Å². The largest absolute Gasteiger partial charge is 0.358 e. The van der Waals surface area contributed by atoms with E-state index >= 15 is 0 Å². The molecule has 1 aromatic rings. The molecule has 0 bridgehead atoms.